The van der Waals surface area contributed by atoms with Crippen LogP contribution in [-0.2, 0) is 11.3 Å². The molecule has 1 atom stereocenters. The van der Waals surface area contributed by atoms with Crippen molar-refractivity contribution in [1.82, 2.24) is 9.80 Å². The number of ether oxygens (including phenoxy) is 1. The van der Waals surface area contributed by atoms with Gasteiger partial charge in [-0.2, -0.15) is 0 Å². The van der Waals surface area contributed by atoms with Gasteiger partial charge in [-0.1, -0.05) is 12.1 Å². The van der Waals surface area contributed by atoms with E-state index in [0.29, 0.717) is 0 Å². The van der Waals surface area contributed by atoms with E-state index < -0.39 is 12.0 Å². The Labute approximate surface area is 119 Å². The maximum atomic E-state index is 11.0. The van der Waals surface area contributed by atoms with E-state index in [2.05, 4.69) is 17.0 Å². The largest absolute Gasteiger partial charge is 0.497 e. The lowest BCUT2D eigenvalue weighted by Gasteiger charge is -2.36. The first-order valence-corrected chi connectivity index (χ1v) is 6.92. The first-order valence-electron chi connectivity index (χ1n) is 6.92. The van der Waals surface area contributed by atoms with Gasteiger partial charge in [0.25, 0.3) is 0 Å². The summed E-state index contributed by atoms with van der Waals surface area (Å²) in [7, 11) is 1.66. The number of carbonyl (C=O) groups is 1. The Morgan fingerprint density at radius 3 is 2.35 bits per heavy atom. The zero-order valence-corrected chi connectivity index (χ0v) is 12.1. The average Bonchev–Trinajstić information content (AvgIpc) is 2.48. The number of hydrogen-bond donors (Lipinski definition) is 1. The monoisotopic (exact) mass is 278 g/mol. The lowest BCUT2D eigenvalue weighted by atomic mass is 10.1. The summed E-state index contributed by atoms with van der Waals surface area (Å²) in [4.78, 5) is 15.3. The van der Waals surface area contributed by atoms with Gasteiger partial charge in [0.15, 0.2) is 0 Å². The maximum absolute atomic E-state index is 11.0. The van der Waals surface area contributed by atoms with Crippen LogP contribution in [0.15, 0.2) is 24.3 Å². The third kappa shape index (κ3) is 3.71. The van der Waals surface area contributed by atoms with Crippen molar-refractivity contribution in [1.29, 1.82) is 0 Å². The first kappa shape index (κ1) is 14.8. The van der Waals surface area contributed by atoms with Crippen LogP contribution in [0.2, 0.25) is 0 Å². The van der Waals surface area contributed by atoms with Gasteiger partial charge < -0.3 is 9.84 Å². The molecule has 0 radical (unpaired) electrons. The minimum Gasteiger partial charge on any atom is -0.497 e. The molecule has 0 aromatic heterocycles. The number of benzene rings is 1. The summed E-state index contributed by atoms with van der Waals surface area (Å²) >= 11 is 0. The number of hydrogen-bond acceptors (Lipinski definition) is 4. The van der Waals surface area contributed by atoms with Gasteiger partial charge in [-0.15, -0.1) is 0 Å². The second-order valence-electron chi connectivity index (χ2n) is 5.17. The van der Waals surface area contributed by atoms with Crippen LogP contribution in [0.1, 0.15) is 12.5 Å². The molecule has 20 heavy (non-hydrogen) atoms. The van der Waals surface area contributed by atoms with Crippen LogP contribution in [0.5, 0.6) is 5.75 Å². The lowest BCUT2D eigenvalue weighted by Crippen LogP contribution is -2.51. The van der Waals surface area contributed by atoms with Gasteiger partial charge in [-0.25, -0.2) is 0 Å². The molecule has 2 rings (SSSR count). The highest BCUT2D eigenvalue weighted by molar-refractivity contribution is 5.72. The lowest BCUT2D eigenvalue weighted by molar-refractivity contribution is -0.143. The van der Waals surface area contributed by atoms with Gasteiger partial charge in [0.2, 0.25) is 0 Å². The quantitative estimate of drug-likeness (QED) is 0.879. The van der Waals surface area contributed by atoms with Gasteiger partial charge >= 0.3 is 5.97 Å². The molecule has 1 heterocycles. The Balaban J connectivity index is 1.83. The highest BCUT2D eigenvalue weighted by Gasteiger charge is 2.24. The molecule has 1 unspecified atom stereocenters. The van der Waals surface area contributed by atoms with Crippen LogP contribution in [0, 0.1) is 0 Å². The van der Waals surface area contributed by atoms with Gasteiger partial charge in [-0.3, -0.25) is 14.6 Å². The van der Waals surface area contributed by atoms with Crippen molar-refractivity contribution >= 4 is 5.97 Å². The van der Waals surface area contributed by atoms with Crippen LogP contribution in [0.25, 0.3) is 0 Å². The third-order valence-corrected chi connectivity index (χ3v) is 3.88. The van der Waals surface area contributed by atoms with Crippen LogP contribution < -0.4 is 4.74 Å². The molecule has 5 heteroatoms. The van der Waals surface area contributed by atoms with E-state index in [1.165, 1.54) is 5.56 Å². The number of aliphatic carboxylic acids is 1. The number of carboxylic acid groups (broad SMARTS) is 1. The van der Waals surface area contributed by atoms with E-state index in [1.54, 1.807) is 14.0 Å². The van der Waals surface area contributed by atoms with E-state index >= 15 is 0 Å². The van der Waals surface area contributed by atoms with Crippen molar-refractivity contribution in [3.05, 3.63) is 29.8 Å². The Morgan fingerprint density at radius 2 is 1.85 bits per heavy atom. The smallest absolute Gasteiger partial charge is 0.320 e. The molecule has 0 spiro atoms. The maximum Gasteiger partial charge on any atom is 0.320 e. The van der Waals surface area contributed by atoms with E-state index in [1.807, 2.05) is 17.0 Å². The van der Waals surface area contributed by atoms with Gasteiger partial charge in [0.05, 0.1) is 7.11 Å². The molecule has 1 aliphatic rings. The molecule has 0 saturated carbocycles. The van der Waals surface area contributed by atoms with Crippen LogP contribution in [-0.4, -0.2) is 60.2 Å². The van der Waals surface area contributed by atoms with Gasteiger partial charge in [-0.05, 0) is 24.6 Å². The zero-order valence-electron chi connectivity index (χ0n) is 12.1. The molecule has 110 valence electrons. The summed E-state index contributed by atoms with van der Waals surface area (Å²) in [6, 6.07) is 7.70. The van der Waals surface area contributed by atoms with Crippen molar-refractivity contribution in [3.63, 3.8) is 0 Å². The van der Waals surface area contributed by atoms with Crippen LogP contribution in [0.3, 0.4) is 0 Å². The number of carboxylic acids is 1. The van der Waals surface area contributed by atoms with Crippen molar-refractivity contribution in [3.8, 4) is 5.75 Å². The summed E-state index contributed by atoms with van der Waals surface area (Å²) in [6.07, 6.45) is 0. The van der Waals surface area contributed by atoms with E-state index in [9.17, 15) is 4.79 Å². The Hall–Kier alpha value is -1.59. The average molecular weight is 278 g/mol. The SMILES string of the molecule is COc1ccc(CN2CCN(C(C)C(=O)O)CC2)cc1. The van der Waals surface area contributed by atoms with E-state index in [0.717, 1.165) is 38.5 Å². The van der Waals surface area contributed by atoms with Gasteiger partial charge in [0, 0.05) is 32.7 Å². The highest BCUT2D eigenvalue weighted by Crippen LogP contribution is 2.14. The summed E-state index contributed by atoms with van der Waals surface area (Å²) < 4.78 is 5.15. The molecule has 0 bridgehead atoms. The second-order valence-corrected chi connectivity index (χ2v) is 5.17. The van der Waals surface area contributed by atoms with Crippen LogP contribution in [0.4, 0.5) is 0 Å². The van der Waals surface area contributed by atoms with Crippen LogP contribution >= 0.6 is 0 Å². The number of piperazine rings is 1. The minimum absolute atomic E-state index is 0.391. The molecule has 1 saturated heterocycles. The molecular weight excluding hydrogens is 256 g/mol. The highest BCUT2D eigenvalue weighted by atomic mass is 16.5. The summed E-state index contributed by atoms with van der Waals surface area (Å²) in [5.74, 6) is 0.127. The molecule has 5 nitrogen and oxygen atoms in total. The summed E-state index contributed by atoms with van der Waals surface area (Å²) in [6.45, 7) is 6.08. The Kier molecular flexibility index (Phi) is 4.98. The predicted octanol–water partition coefficient (Wildman–Crippen LogP) is 1.29. The predicted molar refractivity (Wildman–Crippen MR) is 76.9 cm³/mol. The van der Waals surface area contributed by atoms with E-state index in [-0.39, 0.29) is 0 Å². The van der Waals surface area contributed by atoms with Crippen molar-refractivity contribution < 1.29 is 14.6 Å². The molecule has 1 N–H and O–H groups in total. The number of rotatable bonds is 5. The van der Waals surface area contributed by atoms with Crippen molar-refractivity contribution in [2.45, 2.75) is 19.5 Å². The topological polar surface area (TPSA) is 53.0 Å². The standard InChI is InChI=1S/C15H22N2O3/c1-12(15(18)19)17-9-7-16(8-10-17)11-13-3-5-14(20-2)6-4-13/h3-6,12H,7-11H2,1-2H3,(H,18,19). The Bertz CT molecular complexity index is 439. The third-order valence-electron chi connectivity index (χ3n) is 3.88. The summed E-state index contributed by atoms with van der Waals surface area (Å²) in [5, 5.41) is 9.02. The van der Waals surface area contributed by atoms with Gasteiger partial charge in [0.1, 0.15) is 11.8 Å². The fourth-order valence-electron chi connectivity index (χ4n) is 2.45. The normalized spacial score (nSPS) is 18.7. The fraction of sp³-hybridized carbons (Fsp3) is 0.533. The molecule has 0 aliphatic carbocycles. The minimum atomic E-state index is -0.742. The molecule has 1 aliphatic heterocycles. The Morgan fingerprint density at radius 1 is 1.25 bits per heavy atom. The molecule has 1 aromatic rings. The fourth-order valence-corrected chi connectivity index (χ4v) is 2.45. The zero-order chi connectivity index (χ0) is 14.5. The first-order chi connectivity index (χ1) is 9.60. The number of nitrogens with zero attached hydrogens (tertiary/aromatic N) is 2. The molecule has 1 fully saturated rings. The molecule has 0 amide bonds. The van der Waals surface area contributed by atoms with Crippen molar-refractivity contribution in [2.75, 3.05) is 33.3 Å². The summed E-state index contributed by atoms with van der Waals surface area (Å²) in [5.41, 5.74) is 1.26. The molecular formula is C15H22N2O3. The second kappa shape index (κ2) is 6.72. The van der Waals surface area contributed by atoms with Crippen molar-refractivity contribution in [2.24, 2.45) is 0 Å². The number of methoxy groups -OCH3 is 1. The van der Waals surface area contributed by atoms with E-state index in [4.69, 9.17) is 9.84 Å². The molecule has 1 aromatic carbocycles.